The van der Waals surface area contributed by atoms with Gasteiger partial charge in [-0.2, -0.15) is 0 Å². The second-order valence-corrected chi connectivity index (χ2v) is 7.43. The summed E-state index contributed by atoms with van der Waals surface area (Å²) in [4.78, 5) is 17.3. The molecule has 1 amide bonds. The summed E-state index contributed by atoms with van der Waals surface area (Å²) in [7, 11) is 3.64. The van der Waals surface area contributed by atoms with Gasteiger partial charge in [-0.3, -0.25) is 4.79 Å². The molecular weight excluding hydrogens is 336 g/mol. The number of likely N-dealkylation sites (N-methyl/N-ethyl adjacent to an activating group) is 1. The lowest BCUT2D eigenvalue weighted by Gasteiger charge is -2.39. The van der Waals surface area contributed by atoms with E-state index in [4.69, 9.17) is 4.74 Å². The van der Waals surface area contributed by atoms with Crippen molar-refractivity contribution in [2.75, 3.05) is 32.1 Å². The lowest BCUT2D eigenvalue weighted by molar-refractivity contribution is -0.132. The van der Waals surface area contributed by atoms with E-state index in [1.54, 1.807) is 7.11 Å². The van der Waals surface area contributed by atoms with Crippen molar-refractivity contribution in [3.63, 3.8) is 0 Å². The van der Waals surface area contributed by atoms with E-state index < -0.39 is 0 Å². The van der Waals surface area contributed by atoms with Crippen LogP contribution in [0, 0.1) is 0 Å². The summed E-state index contributed by atoms with van der Waals surface area (Å²) in [6.07, 6.45) is 2.67. The second kappa shape index (κ2) is 8.94. The average Bonchev–Trinajstić information content (AvgIpc) is 2.73. The highest BCUT2D eigenvalue weighted by Gasteiger charge is 2.27. The topological polar surface area (TPSA) is 32.8 Å². The fourth-order valence-corrected chi connectivity index (χ4v) is 3.94. The van der Waals surface area contributed by atoms with Gasteiger partial charge in [-0.1, -0.05) is 43.3 Å². The molecule has 3 rings (SSSR count). The smallest absolute Gasteiger partial charge is 0.223 e. The molecule has 2 unspecified atom stereocenters. The van der Waals surface area contributed by atoms with Crippen LogP contribution in [0.2, 0.25) is 0 Å². The van der Waals surface area contributed by atoms with Crippen molar-refractivity contribution in [3.05, 3.63) is 60.2 Å². The number of amides is 1. The number of nitrogens with zero attached hydrogens (tertiary/aromatic N) is 2. The number of anilines is 1. The minimum absolute atomic E-state index is 0.130. The predicted molar refractivity (Wildman–Crippen MR) is 110 cm³/mol. The molecule has 0 aliphatic carbocycles. The van der Waals surface area contributed by atoms with Crippen LogP contribution in [-0.4, -0.2) is 44.1 Å². The number of ether oxygens (including phenoxy) is 1. The molecule has 0 aromatic heterocycles. The molecule has 0 saturated carbocycles. The van der Waals surface area contributed by atoms with Crippen molar-refractivity contribution >= 4 is 11.6 Å². The van der Waals surface area contributed by atoms with Gasteiger partial charge in [0.2, 0.25) is 5.91 Å². The first-order valence-corrected chi connectivity index (χ1v) is 9.78. The molecule has 27 heavy (non-hydrogen) atoms. The largest absolute Gasteiger partial charge is 0.496 e. The number of methoxy groups -OCH3 is 1. The summed E-state index contributed by atoms with van der Waals surface area (Å²) >= 11 is 0. The third-order valence-electron chi connectivity index (χ3n) is 5.61. The van der Waals surface area contributed by atoms with Crippen LogP contribution < -0.4 is 9.64 Å². The molecule has 1 fully saturated rings. The van der Waals surface area contributed by atoms with Crippen molar-refractivity contribution < 1.29 is 9.53 Å². The highest BCUT2D eigenvalue weighted by Crippen LogP contribution is 2.29. The molecule has 1 saturated heterocycles. The Morgan fingerprint density at radius 1 is 1.19 bits per heavy atom. The number of piperidine rings is 1. The Morgan fingerprint density at radius 3 is 2.63 bits per heavy atom. The minimum Gasteiger partial charge on any atom is -0.496 e. The SMILES string of the molecule is COc1ccccc1C(C)CC(=O)N(C)C1CCCN(c2ccccc2)C1. The number of hydrogen-bond acceptors (Lipinski definition) is 3. The van der Waals surface area contributed by atoms with Crippen molar-refractivity contribution in [1.82, 2.24) is 4.90 Å². The van der Waals surface area contributed by atoms with Crippen molar-refractivity contribution in [2.24, 2.45) is 0 Å². The first kappa shape index (κ1) is 19.3. The first-order chi connectivity index (χ1) is 13.1. The summed E-state index contributed by atoms with van der Waals surface area (Å²) < 4.78 is 5.46. The Bertz CT molecular complexity index is 747. The maximum absolute atomic E-state index is 12.9. The third-order valence-corrected chi connectivity index (χ3v) is 5.61. The van der Waals surface area contributed by atoms with Gasteiger partial charge in [0.15, 0.2) is 0 Å². The van der Waals surface area contributed by atoms with Crippen LogP contribution in [0.1, 0.15) is 37.7 Å². The van der Waals surface area contributed by atoms with E-state index in [2.05, 4.69) is 42.2 Å². The summed E-state index contributed by atoms with van der Waals surface area (Å²) in [5.74, 6) is 1.19. The van der Waals surface area contributed by atoms with E-state index in [1.807, 2.05) is 36.2 Å². The van der Waals surface area contributed by atoms with Gasteiger partial charge < -0.3 is 14.5 Å². The fraction of sp³-hybridized carbons (Fsp3) is 0.435. The first-order valence-electron chi connectivity index (χ1n) is 9.78. The normalized spacial score (nSPS) is 18.0. The van der Waals surface area contributed by atoms with E-state index in [1.165, 1.54) is 5.69 Å². The van der Waals surface area contributed by atoms with E-state index in [0.717, 1.165) is 37.2 Å². The Kier molecular flexibility index (Phi) is 6.38. The summed E-state index contributed by atoms with van der Waals surface area (Å²) in [6, 6.07) is 18.7. The molecule has 4 heteroatoms. The zero-order valence-electron chi connectivity index (χ0n) is 16.6. The van der Waals surface area contributed by atoms with E-state index in [9.17, 15) is 4.79 Å². The minimum atomic E-state index is 0.130. The predicted octanol–water partition coefficient (Wildman–Crippen LogP) is 4.32. The quantitative estimate of drug-likeness (QED) is 0.763. The molecule has 2 aromatic rings. The Morgan fingerprint density at radius 2 is 1.89 bits per heavy atom. The van der Waals surface area contributed by atoms with Crippen LogP contribution in [0.3, 0.4) is 0 Å². The lowest BCUT2D eigenvalue weighted by atomic mass is 9.95. The number of carbonyl (C=O) groups excluding carboxylic acids is 1. The molecular formula is C23H30N2O2. The lowest BCUT2D eigenvalue weighted by Crippen LogP contribution is -2.48. The zero-order valence-corrected chi connectivity index (χ0v) is 16.6. The van der Waals surface area contributed by atoms with Gasteiger partial charge in [-0.15, -0.1) is 0 Å². The monoisotopic (exact) mass is 366 g/mol. The zero-order chi connectivity index (χ0) is 19.2. The molecule has 0 bridgehead atoms. The van der Waals surface area contributed by atoms with Crippen molar-refractivity contribution in [2.45, 2.75) is 38.1 Å². The standard InChI is InChI=1S/C23H30N2O2/c1-18(21-13-7-8-14-22(21)27-3)16-23(26)24(2)20-12-9-15-25(17-20)19-10-5-4-6-11-19/h4-8,10-11,13-14,18,20H,9,12,15-17H2,1-3H3. The number of carbonyl (C=O) groups is 1. The molecule has 4 nitrogen and oxygen atoms in total. The van der Waals surface area contributed by atoms with Crippen LogP contribution in [0.25, 0.3) is 0 Å². The van der Waals surface area contributed by atoms with Gasteiger partial charge in [0.05, 0.1) is 7.11 Å². The maximum Gasteiger partial charge on any atom is 0.223 e. The highest BCUT2D eigenvalue weighted by atomic mass is 16.5. The number of para-hydroxylation sites is 2. The molecule has 1 aliphatic rings. The molecule has 2 atom stereocenters. The van der Waals surface area contributed by atoms with Crippen LogP contribution in [0.4, 0.5) is 5.69 Å². The van der Waals surface area contributed by atoms with Gasteiger partial charge in [0.25, 0.3) is 0 Å². The summed E-state index contributed by atoms with van der Waals surface area (Å²) in [5, 5.41) is 0. The number of benzene rings is 2. The van der Waals surface area contributed by atoms with E-state index in [0.29, 0.717) is 6.42 Å². The molecule has 1 aliphatic heterocycles. The Hall–Kier alpha value is -2.49. The average molecular weight is 367 g/mol. The van der Waals surface area contributed by atoms with Gasteiger partial charge in [-0.25, -0.2) is 0 Å². The van der Waals surface area contributed by atoms with Gasteiger partial charge in [-0.05, 0) is 42.5 Å². The fourth-order valence-electron chi connectivity index (χ4n) is 3.94. The molecule has 0 spiro atoms. The highest BCUT2D eigenvalue weighted by molar-refractivity contribution is 5.77. The molecule has 0 N–H and O–H groups in total. The third kappa shape index (κ3) is 4.62. The molecule has 0 radical (unpaired) electrons. The second-order valence-electron chi connectivity index (χ2n) is 7.43. The van der Waals surface area contributed by atoms with Crippen molar-refractivity contribution in [1.29, 1.82) is 0 Å². The van der Waals surface area contributed by atoms with E-state index >= 15 is 0 Å². The Labute approximate surface area is 162 Å². The maximum atomic E-state index is 12.9. The van der Waals surface area contributed by atoms with Crippen LogP contribution in [0.15, 0.2) is 54.6 Å². The molecule has 2 aromatic carbocycles. The van der Waals surface area contributed by atoms with Gasteiger partial charge in [0, 0.05) is 38.3 Å². The van der Waals surface area contributed by atoms with Crippen LogP contribution in [-0.2, 0) is 4.79 Å². The Balaban J connectivity index is 1.62. The van der Waals surface area contributed by atoms with E-state index in [-0.39, 0.29) is 17.9 Å². The van der Waals surface area contributed by atoms with Crippen LogP contribution >= 0.6 is 0 Å². The van der Waals surface area contributed by atoms with Crippen molar-refractivity contribution in [3.8, 4) is 5.75 Å². The summed E-state index contributed by atoms with van der Waals surface area (Å²) in [6.45, 7) is 4.05. The van der Waals surface area contributed by atoms with Gasteiger partial charge in [0.1, 0.15) is 5.75 Å². The van der Waals surface area contributed by atoms with Crippen LogP contribution in [0.5, 0.6) is 5.75 Å². The number of rotatable bonds is 6. The number of hydrogen-bond donors (Lipinski definition) is 0. The van der Waals surface area contributed by atoms with Gasteiger partial charge >= 0.3 is 0 Å². The molecule has 144 valence electrons. The summed E-state index contributed by atoms with van der Waals surface area (Å²) in [5.41, 5.74) is 2.33. The molecule has 1 heterocycles.